The summed E-state index contributed by atoms with van der Waals surface area (Å²) < 4.78 is 39.1. The van der Waals surface area contributed by atoms with Gasteiger partial charge < -0.3 is 14.4 Å². The van der Waals surface area contributed by atoms with Crippen LogP contribution >= 0.6 is 0 Å². The van der Waals surface area contributed by atoms with E-state index in [-0.39, 0.29) is 17.3 Å². The van der Waals surface area contributed by atoms with Crippen molar-refractivity contribution in [1.29, 1.82) is 0 Å². The second-order valence-electron chi connectivity index (χ2n) is 8.88. The minimum Gasteiger partial charge on any atom is -0.493 e. The lowest BCUT2D eigenvalue weighted by atomic mass is 9.90. The van der Waals surface area contributed by atoms with E-state index >= 15 is 0 Å². The molecule has 190 valence electrons. The number of amides is 1. The number of carbonyl (C=O) groups is 1. The van der Waals surface area contributed by atoms with Gasteiger partial charge in [-0.25, -0.2) is 8.42 Å². The first-order chi connectivity index (χ1) is 17.4. The second-order valence-corrected chi connectivity index (χ2v) is 10.7. The van der Waals surface area contributed by atoms with Gasteiger partial charge in [0, 0.05) is 19.2 Å². The molecule has 0 atom stereocenters. The van der Waals surface area contributed by atoms with Crippen molar-refractivity contribution >= 4 is 21.6 Å². The molecule has 0 N–H and O–H groups in total. The molecule has 0 bridgehead atoms. The summed E-state index contributed by atoms with van der Waals surface area (Å²) >= 11 is 0. The first kappa shape index (κ1) is 25.6. The average molecular weight is 509 g/mol. The van der Waals surface area contributed by atoms with Crippen molar-refractivity contribution in [2.45, 2.75) is 24.2 Å². The fourth-order valence-electron chi connectivity index (χ4n) is 4.57. The van der Waals surface area contributed by atoms with Gasteiger partial charge in [0.15, 0.2) is 11.5 Å². The van der Waals surface area contributed by atoms with Crippen molar-refractivity contribution in [3.8, 4) is 11.5 Å². The zero-order valence-corrected chi connectivity index (χ0v) is 21.5. The Morgan fingerprint density at radius 1 is 0.889 bits per heavy atom. The topological polar surface area (TPSA) is 76.2 Å². The summed E-state index contributed by atoms with van der Waals surface area (Å²) in [4.78, 5) is 15.3. The molecule has 4 rings (SSSR count). The molecule has 1 amide bonds. The van der Waals surface area contributed by atoms with E-state index in [0.717, 1.165) is 23.6 Å². The third-order valence-corrected chi connectivity index (χ3v) is 8.39. The Balaban J connectivity index is 1.53. The van der Waals surface area contributed by atoms with Crippen LogP contribution in [0.25, 0.3) is 0 Å². The zero-order chi connectivity index (χ0) is 25.5. The monoisotopic (exact) mass is 508 g/mol. The van der Waals surface area contributed by atoms with Gasteiger partial charge in [0.1, 0.15) is 6.54 Å². The van der Waals surface area contributed by atoms with Crippen molar-refractivity contribution in [1.82, 2.24) is 4.90 Å². The number of likely N-dealkylation sites (tertiary alicyclic amines) is 1. The first-order valence-corrected chi connectivity index (χ1v) is 13.5. The van der Waals surface area contributed by atoms with Gasteiger partial charge >= 0.3 is 0 Å². The molecule has 7 nitrogen and oxygen atoms in total. The Morgan fingerprint density at radius 2 is 1.50 bits per heavy atom. The molecule has 0 aromatic heterocycles. The highest BCUT2D eigenvalue weighted by Gasteiger charge is 2.31. The molecule has 0 aliphatic carbocycles. The van der Waals surface area contributed by atoms with Gasteiger partial charge in [-0.2, -0.15) is 0 Å². The summed E-state index contributed by atoms with van der Waals surface area (Å²) in [7, 11) is -0.991. The Hall–Kier alpha value is -3.52. The molecule has 3 aromatic rings. The summed E-state index contributed by atoms with van der Waals surface area (Å²) in [6.07, 6.45) is 2.77. The molecule has 0 radical (unpaired) electrons. The molecule has 1 fully saturated rings. The SMILES string of the molecule is COc1ccc(N(CC(=O)N2CCC(Cc3ccccc3)CC2)S(=O)(=O)c2ccccc2)cc1OC. The van der Waals surface area contributed by atoms with Gasteiger partial charge in [-0.05, 0) is 55.0 Å². The number of hydrogen-bond acceptors (Lipinski definition) is 5. The fraction of sp³-hybridized carbons (Fsp3) is 0.321. The third-order valence-electron chi connectivity index (χ3n) is 6.60. The van der Waals surface area contributed by atoms with Gasteiger partial charge in [0.2, 0.25) is 5.91 Å². The molecule has 8 heteroatoms. The van der Waals surface area contributed by atoms with Gasteiger partial charge in [-0.3, -0.25) is 9.10 Å². The number of sulfonamides is 1. The van der Waals surface area contributed by atoms with Gasteiger partial charge in [-0.15, -0.1) is 0 Å². The lowest BCUT2D eigenvalue weighted by Crippen LogP contribution is -2.46. The van der Waals surface area contributed by atoms with Crippen LogP contribution in [0.5, 0.6) is 11.5 Å². The van der Waals surface area contributed by atoms with Crippen LogP contribution in [0.1, 0.15) is 18.4 Å². The van der Waals surface area contributed by atoms with E-state index in [2.05, 4.69) is 12.1 Å². The minimum atomic E-state index is -3.99. The molecule has 1 aliphatic heterocycles. The summed E-state index contributed by atoms with van der Waals surface area (Å²) in [5.74, 6) is 1.15. The van der Waals surface area contributed by atoms with E-state index in [1.807, 2.05) is 18.2 Å². The van der Waals surface area contributed by atoms with E-state index in [1.54, 1.807) is 41.3 Å². The maximum atomic E-state index is 13.6. The molecule has 1 aliphatic rings. The average Bonchev–Trinajstić information content (AvgIpc) is 2.92. The smallest absolute Gasteiger partial charge is 0.264 e. The Bertz CT molecular complexity index is 1260. The number of anilines is 1. The molecule has 0 unspecified atom stereocenters. The van der Waals surface area contributed by atoms with Crippen LogP contribution in [0.2, 0.25) is 0 Å². The summed E-state index contributed by atoms with van der Waals surface area (Å²) in [6.45, 7) is 0.930. The highest BCUT2D eigenvalue weighted by molar-refractivity contribution is 7.92. The molecule has 0 spiro atoms. The van der Waals surface area contributed by atoms with E-state index in [9.17, 15) is 13.2 Å². The van der Waals surface area contributed by atoms with Crippen LogP contribution in [0, 0.1) is 5.92 Å². The molecule has 1 heterocycles. The number of carbonyl (C=O) groups excluding carboxylic acids is 1. The van der Waals surface area contributed by atoms with Crippen molar-refractivity contribution < 1.29 is 22.7 Å². The second kappa shape index (κ2) is 11.5. The predicted octanol–water partition coefficient (Wildman–Crippen LogP) is 4.38. The van der Waals surface area contributed by atoms with Crippen LogP contribution in [-0.4, -0.2) is 53.1 Å². The summed E-state index contributed by atoms with van der Waals surface area (Å²) in [6, 6.07) is 23.4. The maximum Gasteiger partial charge on any atom is 0.264 e. The number of methoxy groups -OCH3 is 2. The van der Waals surface area contributed by atoms with E-state index in [0.29, 0.717) is 36.2 Å². The van der Waals surface area contributed by atoms with Crippen molar-refractivity contribution in [2.75, 3.05) is 38.2 Å². The molecule has 1 saturated heterocycles. The number of rotatable bonds is 9. The van der Waals surface area contributed by atoms with Crippen LogP contribution in [-0.2, 0) is 21.2 Å². The molecular formula is C28H32N2O5S. The largest absolute Gasteiger partial charge is 0.493 e. The van der Waals surface area contributed by atoms with Gasteiger partial charge in [0.25, 0.3) is 10.0 Å². The minimum absolute atomic E-state index is 0.120. The maximum absolute atomic E-state index is 13.6. The molecule has 3 aromatic carbocycles. The van der Waals surface area contributed by atoms with Gasteiger partial charge in [-0.1, -0.05) is 48.5 Å². The van der Waals surface area contributed by atoms with Crippen LogP contribution in [0.4, 0.5) is 5.69 Å². The van der Waals surface area contributed by atoms with Crippen LogP contribution < -0.4 is 13.8 Å². The summed E-state index contributed by atoms with van der Waals surface area (Å²) in [5.41, 5.74) is 1.64. The van der Waals surface area contributed by atoms with Crippen molar-refractivity contribution in [2.24, 2.45) is 5.92 Å². The zero-order valence-electron chi connectivity index (χ0n) is 20.7. The number of benzene rings is 3. The van der Waals surface area contributed by atoms with Crippen LogP contribution in [0.15, 0.2) is 83.8 Å². The van der Waals surface area contributed by atoms with E-state index < -0.39 is 10.0 Å². The lowest BCUT2D eigenvalue weighted by Gasteiger charge is -2.34. The molecule has 36 heavy (non-hydrogen) atoms. The molecule has 0 saturated carbocycles. The van der Waals surface area contributed by atoms with Crippen molar-refractivity contribution in [3.63, 3.8) is 0 Å². The Kier molecular flexibility index (Phi) is 8.15. The predicted molar refractivity (Wildman–Crippen MR) is 140 cm³/mol. The summed E-state index contributed by atoms with van der Waals surface area (Å²) in [5, 5.41) is 0. The van der Waals surface area contributed by atoms with E-state index in [4.69, 9.17) is 9.47 Å². The lowest BCUT2D eigenvalue weighted by molar-refractivity contribution is -0.130. The highest BCUT2D eigenvalue weighted by atomic mass is 32.2. The van der Waals surface area contributed by atoms with Crippen LogP contribution in [0.3, 0.4) is 0 Å². The molecular weight excluding hydrogens is 476 g/mol. The first-order valence-electron chi connectivity index (χ1n) is 12.0. The normalized spacial score (nSPS) is 14.3. The van der Waals surface area contributed by atoms with Gasteiger partial charge in [0.05, 0.1) is 24.8 Å². The standard InChI is InChI=1S/C28H32N2O5S/c1-34-26-14-13-24(20-27(26)35-2)30(36(32,33)25-11-7-4-8-12-25)21-28(31)29-17-15-23(16-18-29)19-22-9-5-3-6-10-22/h3-14,20,23H,15-19,21H2,1-2H3. The third kappa shape index (κ3) is 5.82. The fourth-order valence-corrected chi connectivity index (χ4v) is 6.00. The number of hydrogen-bond donors (Lipinski definition) is 0. The highest BCUT2D eigenvalue weighted by Crippen LogP contribution is 2.34. The quantitative estimate of drug-likeness (QED) is 0.429. The van der Waals surface area contributed by atoms with Crippen molar-refractivity contribution in [3.05, 3.63) is 84.4 Å². The Morgan fingerprint density at radius 3 is 2.11 bits per heavy atom. The number of ether oxygens (including phenoxy) is 2. The number of nitrogens with zero attached hydrogens (tertiary/aromatic N) is 2. The van der Waals surface area contributed by atoms with E-state index in [1.165, 1.54) is 31.9 Å². The Labute approximate surface area is 213 Å². The number of piperidine rings is 1.